The zero-order chi connectivity index (χ0) is 28.8. The van der Waals surface area contributed by atoms with Gasteiger partial charge in [-0.1, -0.05) is 89.5 Å². The van der Waals surface area contributed by atoms with Crippen LogP contribution in [-0.2, 0) is 19.3 Å². The van der Waals surface area contributed by atoms with Gasteiger partial charge >= 0.3 is 0 Å². The van der Waals surface area contributed by atoms with Crippen LogP contribution in [0.5, 0.6) is 0 Å². The van der Waals surface area contributed by atoms with E-state index in [4.69, 9.17) is 0 Å². The van der Waals surface area contributed by atoms with Crippen molar-refractivity contribution in [3.63, 3.8) is 0 Å². The molecule has 0 unspecified atom stereocenters. The fraction of sp³-hybridized carbons (Fsp3) is 0.143. The Balaban J connectivity index is 1.17. The van der Waals surface area contributed by atoms with E-state index in [1.54, 1.807) is 0 Å². The van der Waals surface area contributed by atoms with Crippen LogP contribution >= 0.6 is 0 Å². The van der Waals surface area contributed by atoms with Crippen molar-refractivity contribution in [2.24, 2.45) is 0 Å². The Bertz CT molecular complexity index is 1900. The van der Waals surface area contributed by atoms with Gasteiger partial charge in [0.1, 0.15) is 0 Å². The van der Waals surface area contributed by atoms with Crippen LogP contribution in [0.3, 0.4) is 0 Å². The number of hydrogen-bond acceptors (Lipinski definition) is 1. The zero-order valence-corrected chi connectivity index (χ0v) is 25.0. The summed E-state index contributed by atoms with van der Waals surface area (Å²) in [5.41, 5.74) is 24.5. The first-order chi connectivity index (χ1) is 21.0. The summed E-state index contributed by atoms with van der Waals surface area (Å²) in [4.78, 5) is 2.48. The Hall–Kier alpha value is -4.88. The average Bonchev–Trinajstić information content (AvgIpc) is 3.65. The van der Waals surface area contributed by atoms with Gasteiger partial charge in [0.05, 0.1) is 0 Å². The van der Waals surface area contributed by atoms with Crippen LogP contribution < -0.4 is 4.90 Å². The van der Waals surface area contributed by atoms with E-state index in [0.29, 0.717) is 0 Å². The largest absolute Gasteiger partial charge is 0.310 e. The first kappa shape index (κ1) is 24.7. The van der Waals surface area contributed by atoms with Crippen molar-refractivity contribution < 1.29 is 0 Å². The van der Waals surface area contributed by atoms with E-state index < -0.39 is 0 Å². The van der Waals surface area contributed by atoms with Gasteiger partial charge in [0.2, 0.25) is 0 Å². The molecule has 3 aliphatic carbocycles. The first-order valence-electron chi connectivity index (χ1n) is 15.5. The van der Waals surface area contributed by atoms with E-state index in [9.17, 15) is 0 Å². The molecule has 6 aromatic carbocycles. The molecule has 206 valence electrons. The van der Waals surface area contributed by atoms with Crippen LogP contribution in [0.2, 0.25) is 0 Å². The summed E-state index contributed by atoms with van der Waals surface area (Å²) < 4.78 is 0. The van der Waals surface area contributed by atoms with Gasteiger partial charge in [-0.05, 0) is 143 Å². The molecule has 43 heavy (non-hydrogen) atoms. The molecule has 1 heteroatoms. The number of benzene rings is 6. The molecule has 0 aliphatic heterocycles. The molecule has 0 spiro atoms. The molecule has 3 aliphatic rings. The number of nitrogens with zero attached hydrogens (tertiary/aromatic N) is 1. The monoisotopic (exact) mass is 551 g/mol. The summed E-state index contributed by atoms with van der Waals surface area (Å²) in [6, 6.07) is 42.0. The zero-order valence-electron chi connectivity index (χ0n) is 25.0. The third-order valence-electron chi connectivity index (χ3n) is 9.84. The average molecular weight is 552 g/mol. The normalized spacial score (nSPS) is 13.2. The molecule has 9 rings (SSSR count). The molecule has 0 heterocycles. The molecular weight excluding hydrogens is 518 g/mol. The molecule has 0 atom stereocenters. The maximum atomic E-state index is 2.48. The lowest BCUT2D eigenvalue weighted by atomic mass is 10.0. The number of hydrogen-bond donors (Lipinski definition) is 0. The van der Waals surface area contributed by atoms with Crippen molar-refractivity contribution in [1.29, 1.82) is 0 Å². The van der Waals surface area contributed by atoms with Crippen molar-refractivity contribution in [1.82, 2.24) is 0 Å². The van der Waals surface area contributed by atoms with Gasteiger partial charge in [0.15, 0.2) is 0 Å². The summed E-state index contributed by atoms with van der Waals surface area (Å²) in [5.74, 6) is 0. The Morgan fingerprint density at radius 2 is 0.581 bits per heavy atom. The van der Waals surface area contributed by atoms with Crippen LogP contribution in [0.1, 0.15) is 50.1 Å². The molecule has 6 aromatic rings. The second kappa shape index (κ2) is 9.06. The minimum atomic E-state index is 0.992. The number of fused-ring (bicyclic) bond motifs is 9. The lowest BCUT2D eigenvalue weighted by molar-refractivity contribution is 1.20. The minimum Gasteiger partial charge on any atom is -0.310 e. The number of anilines is 3. The van der Waals surface area contributed by atoms with Gasteiger partial charge in [-0.2, -0.15) is 0 Å². The standard InChI is InChI=1S/C42H33N/c1-25-4-10-37-28(16-25)19-31-22-34(7-13-40(31)37)43(35-8-14-41-32(23-35)20-29-17-26(2)5-11-38(29)41)36-9-15-42-33(24-36)21-30-18-27(3)6-12-39(30)42/h4-18,22-24H,19-21H2,1-3H3. The molecule has 0 fully saturated rings. The van der Waals surface area contributed by atoms with Crippen LogP contribution in [0.15, 0.2) is 109 Å². The third kappa shape index (κ3) is 3.85. The smallest absolute Gasteiger partial charge is 0.0464 e. The molecule has 0 amide bonds. The minimum absolute atomic E-state index is 0.992. The van der Waals surface area contributed by atoms with Crippen molar-refractivity contribution in [2.75, 3.05) is 4.90 Å². The quantitative estimate of drug-likeness (QED) is 0.211. The topological polar surface area (TPSA) is 3.24 Å². The molecule has 0 bridgehead atoms. The van der Waals surface area contributed by atoms with E-state index >= 15 is 0 Å². The maximum Gasteiger partial charge on any atom is 0.0464 e. The second-order valence-corrected chi connectivity index (χ2v) is 12.9. The summed E-state index contributed by atoms with van der Waals surface area (Å²) in [6.07, 6.45) is 2.98. The number of rotatable bonds is 3. The van der Waals surface area contributed by atoms with E-state index in [1.807, 2.05) is 0 Å². The Morgan fingerprint density at radius 1 is 0.326 bits per heavy atom. The fourth-order valence-corrected chi connectivity index (χ4v) is 7.84. The number of aryl methyl sites for hydroxylation is 3. The van der Waals surface area contributed by atoms with E-state index in [1.165, 1.54) is 101 Å². The molecular formula is C42H33N. The highest BCUT2D eigenvalue weighted by Crippen LogP contribution is 2.46. The van der Waals surface area contributed by atoms with Crippen molar-refractivity contribution in [3.8, 4) is 33.4 Å². The van der Waals surface area contributed by atoms with Gasteiger partial charge in [-0.3, -0.25) is 0 Å². The molecule has 0 aromatic heterocycles. The van der Waals surface area contributed by atoms with Crippen molar-refractivity contribution >= 4 is 17.1 Å². The van der Waals surface area contributed by atoms with Crippen LogP contribution in [0, 0.1) is 20.8 Å². The summed E-state index contributed by atoms with van der Waals surface area (Å²) >= 11 is 0. The second-order valence-electron chi connectivity index (χ2n) is 12.9. The van der Waals surface area contributed by atoms with Gasteiger partial charge < -0.3 is 4.90 Å². The Morgan fingerprint density at radius 3 is 0.884 bits per heavy atom. The fourth-order valence-electron chi connectivity index (χ4n) is 7.84. The van der Waals surface area contributed by atoms with Crippen molar-refractivity contribution in [2.45, 2.75) is 40.0 Å². The predicted octanol–water partition coefficient (Wildman–Crippen LogP) is 10.8. The highest BCUT2D eigenvalue weighted by atomic mass is 15.1. The Kier molecular flexibility index (Phi) is 5.20. The van der Waals surface area contributed by atoms with E-state index in [0.717, 1.165) is 19.3 Å². The van der Waals surface area contributed by atoms with Crippen LogP contribution in [0.25, 0.3) is 33.4 Å². The lowest BCUT2D eigenvalue weighted by Gasteiger charge is -2.27. The van der Waals surface area contributed by atoms with Gasteiger partial charge in [-0.15, -0.1) is 0 Å². The van der Waals surface area contributed by atoms with Crippen molar-refractivity contribution in [3.05, 3.63) is 159 Å². The molecule has 0 radical (unpaired) electrons. The van der Waals surface area contributed by atoms with Gasteiger partial charge in [0, 0.05) is 17.1 Å². The Labute approximate surface area is 254 Å². The summed E-state index contributed by atoms with van der Waals surface area (Å²) in [7, 11) is 0. The maximum absolute atomic E-state index is 2.48. The molecule has 1 nitrogen and oxygen atoms in total. The van der Waals surface area contributed by atoms with Gasteiger partial charge in [0.25, 0.3) is 0 Å². The highest BCUT2D eigenvalue weighted by Gasteiger charge is 2.25. The summed E-state index contributed by atoms with van der Waals surface area (Å²) in [6.45, 7) is 6.58. The summed E-state index contributed by atoms with van der Waals surface area (Å²) in [5, 5.41) is 0. The van der Waals surface area contributed by atoms with Crippen LogP contribution in [-0.4, -0.2) is 0 Å². The first-order valence-corrected chi connectivity index (χ1v) is 15.5. The lowest BCUT2D eigenvalue weighted by Crippen LogP contribution is -2.11. The van der Waals surface area contributed by atoms with Gasteiger partial charge in [-0.25, -0.2) is 0 Å². The molecule has 0 saturated heterocycles. The van der Waals surface area contributed by atoms with E-state index in [2.05, 4.69) is 135 Å². The SMILES string of the molecule is Cc1ccc2c(c1)Cc1cc(N(c3ccc4c(c3)Cc3cc(C)ccc3-4)c3ccc4c(c3)Cc3cc(C)ccc3-4)ccc1-2. The van der Waals surface area contributed by atoms with Crippen LogP contribution in [0.4, 0.5) is 17.1 Å². The predicted molar refractivity (Wildman–Crippen MR) is 180 cm³/mol. The third-order valence-corrected chi connectivity index (χ3v) is 9.84. The van der Waals surface area contributed by atoms with E-state index in [-0.39, 0.29) is 0 Å². The molecule has 0 saturated carbocycles. The highest BCUT2D eigenvalue weighted by molar-refractivity contribution is 5.88. The molecule has 0 N–H and O–H groups in total.